The van der Waals surface area contributed by atoms with Crippen LogP contribution in [0.2, 0.25) is 0 Å². The summed E-state index contributed by atoms with van der Waals surface area (Å²) in [7, 11) is 0. The standard InChI is InChI=1S/C16H20/c1-5-13-9-15-10-14(11(2)3)7-6-8-16(15)12(13)4/h6-11H,5H2,1-4H3. The third-order valence-corrected chi connectivity index (χ3v) is 3.45. The van der Waals surface area contributed by atoms with Gasteiger partial charge in [0.25, 0.3) is 0 Å². The molecule has 0 unspecified atom stereocenters. The van der Waals surface area contributed by atoms with Gasteiger partial charge in [-0.25, -0.2) is 0 Å². The second-order valence-electron chi connectivity index (χ2n) is 4.84. The van der Waals surface area contributed by atoms with Gasteiger partial charge in [-0.3, -0.25) is 0 Å². The minimum atomic E-state index is 0.593. The molecule has 0 aromatic carbocycles. The zero-order valence-corrected chi connectivity index (χ0v) is 10.7. The molecule has 16 heavy (non-hydrogen) atoms. The lowest BCUT2D eigenvalue weighted by Gasteiger charge is -2.01. The molecule has 2 rings (SSSR count). The van der Waals surface area contributed by atoms with Crippen LogP contribution in [-0.4, -0.2) is 0 Å². The van der Waals surface area contributed by atoms with E-state index < -0.39 is 0 Å². The molecule has 0 nitrogen and oxygen atoms in total. The summed E-state index contributed by atoms with van der Waals surface area (Å²) in [5.41, 5.74) is 7.15. The number of hydrogen-bond acceptors (Lipinski definition) is 0. The van der Waals surface area contributed by atoms with Crippen molar-refractivity contribution in [2.45, 2.75) is 40.0 Å². The summed E-state index contributed by atoms with van der Waals surface area (Å²) in [6, 6.07) is 11.3. The molecule has 0 atom stereocenters. The van der Waals surface area contributed by atoms with Gasteiger partial charge in [0, 0.05) is 0 Å². The summed E-state index contributed by atoms with van der Waals surface area (Å²) in [5, 5.41) is 0. The fraction of sp³-hybridized carbons (Fsp3) is 0.375. The predicted octanol–water partition coefficient (Wildman–Crippen LogP) is 4.79. The van der Waals surface area contributed by atoms with Crippen LogP contribution in [-0.2, 0) is 6.42 Å². The normalized spacial score (nSPS) is 11.3. The van der Waals surface area contributed by atoms with Crippen LogP contribution < -0.4 is 0 Å². The molecule has 0 aromatic heterocycles. The highest BCUT2D eigenvalue weighted by molar-refractivity contribution is 5.73. The lowest BCUT2D eigenvalue weighted by atomic mass is 10.0. The van der Waals surface area contributed by atoms with E-state index in [0.717, 1.165) is 6.42 Å². The topological polar surface area (TPSA) is 0 Å². The van der Waals surface area contributed by atoms with Crippen LogP contribution in [0.3, 0.4) is 0 Å². The zero-order valence-electron chi connectivity index (χ0n) is 10.7. The van der Waals surface area contributed by atoms with E-state index in [1.54, 1.807) is 0 Å². The van der Waals surface area contributed by atoms with E-state index in [4.69, 9.17) is 0 Å². The van der Waals surface area contributed by atoms with E-state index in [9.17, 15) is 0 Å². The van der Waals surface area contributed by atoms with E-state index in [2.05, 4.69) is 58.0 Å². The Morgan fingerprint density at radius 2 is 1.88 bits per heavy atom. The maximum Gasteiger partial charge on any atom is -0.0152 e. The van der Waals surface area contributed by atoms with Gasteiger partial charge in [-0.15, -0.1) is 0 Å². The van der Waals surface area contributed by atoms with Crippen molar-refractivity contribution < 1.29 is 0 Å². The third-order valence-electron chi connectivity index (χ3n) is 3.45. The second kappa shape index (κ2) is 4.29. The smallest absolute Gasteiger partial charge is 0.0152 e. The predicted molar refractivity (Wildman–Crippen MR) is 71.3 cm³/mol. The van der Waals surface area contributed by atoms with Crippen LogP contribution in [0, 0.1) is 6.92 Å². The first-order valence-corrected chi connectivity index (χ1v) is 6.15. The molecule has 2 aliphatic rings. The van der Waals surface area contributed by atoms with Gasteiger partial charge in [-0.1, -0.05) is 51.1 Å². The minimum Gasteiger partial charge on any atom is -0.0614 e. The van der Waals surface area contributed by atoms with E-state index in [1.165, 1.54) is 27.8 Å². The van der Waals surface area contributed by atoms with Crippen molar-refractivity contribution in [3.05, 3.63) is 47.0 Å². The van der Waals surface area contributed by atoms with Crippen LogP contribution in [0.4, 0.5) is 0 Å². The van der Waals surface area contributed by atoms with Gasteiger partial charge in [0.2, 0.25) is 0 Å². The Bertz CT molecular complexity index is 466. The molecule has 0 aliphatic heterocycles. The van der Waals surface area contributed by atoms with Gasteiger partial charge in [-0.05, 0) is 47.1 Å². The van der Waals surface area contributed by atoms with Crippen molar-refractivity contribution in [2.75, 3.05) is 0 Å². The maximum atomic E-state index is 2.34. The Morgan fingerprint density at radius 3 is 2.50 bits per heavy atom. The molecule has 0 spiro atoms. The summed E-state index contributed by atoms with van der Waals surface area (Å²) < 4.78 is 0. The average Bonchev–Trinajstić information content (AvgIpc) is 2.46. The van der Waals surface area contributed by atoms with Crippen molar-refractivity contribution in [1.82, 2.24) is 0 Å². The van der Waals surface area contributed by atoms with Gasteiger partial charge in [0.15, 0.2) is 0 Å². The van der Waals surface area contributed by atoms with Gasteiger partial charge < -0.3 is 0 Å². The number of fused-ring (bicyclic) bond motifs is 1. The molecule has 0 bridgehead atoms. The van der Waals surface area contributed by atoms with Crippen molar-refractivity contribution in [3.63, 3.8) is 0 Å². The molecule has 0 saturated carbocycles. The summed E-state index contributed by atoms with van der Waals surface area (Å²) in [5.74, 6) is 0.593. The Labute approximate surface area is 98.7 Å². The van der Waals surface area contributed by atoms with E-state index in [0.29, 0.717) is 5.92 Å². The fourth-order valence-corrected chi connectivity index (χ4v) is 2.31. The minimum absolute atomic E-state index is 0.593. The number of hydrogen-bond donors (Lipinski definition) is 0. The summed E-state index contributed by atoms with van der Waals surface area (Å²) in [6.45, 7) is 8.95. The first-order chi connectivity index (χ1) is 7.63. The van der Waals surface area contributed by atoms with Crippen LogP contribution >= 0.6 is 0 Å². The summed E-state index contributed by atoms with van der Waals surface area (Å²) >= 11 is 0. The maximum absolute atomic E-state index is 2.34. The van der Waals surface area contributed by atoms with Crippen LogP contribution in [0.1, 0.15) is 43.4 Å². The Kier molecular flexibility index (Phi) is 3.00. The van der Waals surface area contributed by atoms with Gasteiger partial charge in [0.1, 0.15) is 0 Å². The summed E-state index contributed by atoms with van der Waals surface area (Å²) in [4.78, 5) is 0. The van der Waals surface area contributed by atoms with Crippen LogP contribution in [0.15, 0.2) is 30.3 Å². The van der Waals surface area contributed by atoms with E-state index in [1.807, 2.05) is 0 Å². The zero-order chi connectivity index (χ0) is 11.7. The second-order valence-corrected chi connectivity index (χ2v) is 4.84. The van der Waals surface area contributed by atoms with Crippen molar-refractivity contribution >= 4 is 0 Å². The molecule has 0 aromatic rings. The van der Waals surface area contributed by atoms with Gasteiger partial charge >= 0.3 is 0 Å². The first kappa shape index (κ1) is 11.2. The highest BCUT2D eigenvalue weighted by Gasteiger charge is 2.11. The van der Waals surface area contributed by atoms with Crippen LogP contribution in [0.5, 0.6) is 0 Å². The number of aryl methyl sites for hydroxylation is 1. The molecular formula is C16H20. The van der Waals surface area contributed by atoms with E-state index in [-0.39, 0.29) is 0 Å². The molecule has 0 saturated heterocycles. The molecule has 84 valence electrons. The molecule has 0 heteroatoms. The Balaban J connectivity index is 2.63. The first-order valence-electron chi connectivity index (χ1n) is 6.15. The highest BCUT2D eigenvalue weighted by atomic mass is 14.2. The number of rotatable bonds is 2. The van der Waals surface area contributed by atoms with Crippen molar-refractivity contribution in [2.24, 2.45) is 0 Å². The Morgan fingerprint density at radius 1 is 1.12 bits per heavy atom. The quantitative estimate of drug-likeness (QED) is 0.671. The van der Waals surface area contributed by atoms with Crippen molar-refractivity contribution in [3.8, 4) is 11.1 Å². The van der Waals surface area contributed by atoms with Gasteiger partial charge in [-0.2, -0.15) is 0 Å². The van der Waals surface area contributed by atoms with Crippen LogP contribution in [0.25, 0.3) is 11.1 Å². The highest BCUT2D eigenvalue weighted by Crippen LogP contribution is 2.32. The molecule has 0 N–H and O–H groups in total. The lowest BCUT2D eigenvalue weighted by molar-refractivity contribution is 0.869. The molecule has 0 fully saturated rings. The Hall–Kier alpha value is -1.30. The monoisotopic (exact) mass is 212 g/mol. The molecule has 0 radical (unpaired) electrons. The van der Waals surface area contributed by atoms with Crippen molar-refractivity contribution in [1.29, 1.82) is 0 Å². The largest absolute Gasteiger partial charge is 0.0614 e. The fourth-order valence-electron chi connectivity index (χ4n) is 2.31. The van der Waals surface area contributed by atoms with E-state index >= 15 is 0 Å². The van der Waals surface area contributed by atoms with Gasteiger partial charge in [0.05, 0.1) is 0 Å². The lowest BCUT2D eigenvalue weighted by Crippen LogP contribution is -1.82. The molecular weight excluding hydrogens is 192 g/mol. The third kappa shape index (κ3) is 1.84. The summed E-state index contributed by atoms with van der Waals surface area (Å²) in [6.07, 6.45) is 1.13. The average molecular weight is 212 g/mol. The molecule has 0 heterocycles. The SMILES string of the molecule is CCc1cc2cc(C(C)C)cccc-2c1C. The molecule has 0 amide bonds. The molecule has 2 aliphatic carbocycles.